The van der Waals surface area contributed by atoms with Gasteiger partial charge in [0.1, 0.15) is 5.41 Å². The number of rotatable bonds is 0. The molecule has 1 unspecified atom stereocenters. The zero-order valence-electron chi connectivity index (χ0n) is 10.7. The Morgan fingerprint density at radius 1 is 1.12 bits per heavy atom. The molecule has 4 amide bonds. The summed E-state index contributed by atoms with van der Waals surface area (Å²) in [5, 5.41) is 4.44. The Hall–Kier alpha value is -0.390. The fraction of sp³-hybridized carbons (Fsp3) is 0.727. The normalized spacial score (nSPS) is 29.6. The monoisotopic (exact) mass is 247 g/mol. The van der Waals surface area contributed by atoms with Crippen LogP contribution in [-0.2, 0) is 9.59 Å². The second-order valence-corrected chi connectivity index (χ2v) is 5.37. The van der Waals surface area contributed by atoms with Gasteiger partial charge < -0.3 is 0 Å². The van der Waals surface area contributed by atoms with Crippen molar-refractivity contribution in [3.63, 3.8) is 0 Å². The van der Waals surface area contributed by atoms with Crippen molar-refractivity contribution in [2.45, 2.75) is 33.6 Å². The van der Waals surface area contributed by atoms with Crippen molar-refractivity contribution >= 4 is 17.8 Å². The van der Waals surface area contributed by atoms with Gasteiger partial charge in [-0.1, -0.05) is 20.8 Å². The summed E-state index contributed by atoms with van der Waals surface area (Å²) < 4.78 is 0. The van der Waals surface area contributed by atoms with Crippen LogP contribution in [-0.4, -0.2) is 17.8 Å². The van der Waals surface area contributed by atoms with Crippen LogP contribution in [0.25, 0.3) is 0 Å². The van der Waals surface area contributed by atoms with Crippen LogP contribution in [0.1, 0.15) is 33.6 Å². The number of urea groups is 1. The Bertz CT molecular complexity index is 372. The van der Waals surface area contributed by atoms with Gasteiger partial charge in [0.25, 0.3) is 0 Å². The summed E-state index contributed by atoms with van der Waals surface area (Å²) in [5.41, 5.74) is -1.51. The maximum atomic E-state index is 12.1. The van der Waals surface area contributed by atoms with E-state index in [9.17, 15) is 14.4 Å². The van der Waals surface area contributed by atoms with Gasteiger partial charge in [0.15, 0.2) is 0 Å². The van der Waals surface area contributed by atoms with Gasteiger partial charge in [0.05, 0.1) is 0 Å². The quantitative estimate of drug-likeness (QED) is 0.377. The van der Waals surface area contributed by atoms with Crippen molar-refractivity contribution in [2.24, 2.45) is 16.7 Å². The number of hydrogen-bond donors (Lipinski definition) is 2. The van der Waals surface area contributed by atoms with Crippen LogP contribution < -0.4 is 40.2 Å². The zero-order valence-corrected chi connectivity index (χ0v) is 12.7. The maximum absolute atomic E-state index is 12.1. The SMILES string of the molecule is CC1CCC(C)(C)C12C(=O)NC(=O)NC2=O.[Na+]. The van der Waals surface area contributed by atoms with E-state index in [4.69, 9.17) is 0 Å². The van der Waals surface area contributed by atoms with Crippen molar-refractivity contribution in [1.82, 2.24) is 10.6 Å². The molecule has 0 aromatic heterocycles. The van der Waals surface area contributed by atoms with E-state index in [0.29, 0.717) is 0 Å². The van der Waals surface area contributed by atoms with Gasteiger partial charge in [-0.05, 0) is 24.2 Å². The van der Waals surface area contributed by atoms with Crippen molar-refractivity contribution in [1.29, 1.82) is 0 Å². The number of hydrogen-bond acceptors (Lipinski definition) is 3. The minimum absolute atomic E-state index is 0. The summed E-state index contributed by atoms with van der Waals surface area (Å²) in [6, 6.07) is -0.712. The molecule has 1 saturated carbocycles. The first-order valence-corrected chi connectivity index (χ1v) is 5.49. The van der Waals surface area contributed by atoms with Crippen LogP contribution in [0.3, 0.4) is 0 Å². The molecular formula is C11H16N2NaO3+. The van der Waals surface area contributed by atoms with Gasteiger partial charge in [-0.3, -0.25) is 20.2 Å². The number of amides is 4. The van der Waals surface area contributed by atoms with E-state index in [2.05, 4.69) is 10.6 Å². The van der Waals surface area contributed by atoms with Crippen LogP contribution in [0.4, 0.5) is 4.79 Å². The van der Waals surface area contributed by atoms with Crippen LogP contribution >= 0.6 is 0 Å². The third kappa shape index (κ3) is 1.75. The molecule has 1 aliphatic carbocycles. The number of imide groups is 2. The summed E-state index contributed by atoms with van der Waals surface area (Å²) in [5.74, 6) is -0.942. The van der Waals surface area contributed by atoms with Gasteiger partial charge in [-0.15, -0.1) is 0 Å². The topological polar surface area (TPSA) is 75.3 Å². The molecule has 2 aliphatic rings. The van der Waals surface area contributed by atoms with Gasteiger partial charge >= 0.3 is 35.6 Å². The Balaban J connectivity index is 0.00000144. The first-order chi connectivity index (χ1) is 7.32. The van der Waals surface area contributed by atoms with E-state index >= 15 is 0 Å². The molecule has 2 fully saturated rings. The molecule has 5 nitrogen and oxygen atoms in total. The van der Waals surface area contributed by atoms with Crippen LogP contribution in [0, 0.1) is 16.7 Å². The Kier molecular flexibility index (Phi) is 3.77. The van der Waals surface area contributed by atoms with Crippen LogP contribution in [0.15, 0.2) is 0 Å². The Morgan fingerprint density at radius 2 is 1.59 bits per heavy atom. The van der Waals surface area contributed by atoms with Crippen LogP contribution in [0.2, 0.25) is 0 Å². The summed E-state index contributed by atoms with van der Waals surface area (Å²) >= 11 is 0. The van der Waals surface area contributed by atoms with Crippen molar-refractivity contribution in [2.75, 3.05) is 0 Å². The molecule has 17 heavy (non-hydrogen) atoms. The molecule has 1 spiro atoms. The fourth-order valence-corrected chi connectivity index (χ4v) is 3.26. The molecule has 1 atom stereocenters. The minimum Gasteiger partial charge on any atom is -0.277 e. The molecule has 1 aliphatic heterocycles. The maximum Gasteiger partial charge on any atom is 1.00 e. The van der Waals surface area contributed by atoms with Gasteiger partial charge in [-0.2, -0.15) is 0 Å². The Labute approximate surface area is 122 Å². The molecule has 1 heterocycles. The van der Waals surface area contributed by atoms with E-state index < -0.39 is 28.7 Å². The first kappa shape index (κ1) is 14.7. The summed E-state index contributed by atoms with van der Waals surface area (Å²) in [7, 11) is 0. The number of carbonyl (C=O) groups is 3. The third-order valence-corrected chi connectivity index (χ3v) is 4.18. The molecule has 0 bridgehead atoms. The van der Waals surface area contributed by atoms with Gasteiger partial charge in [0.2, 0.25) is 11.8 Å². The summed E-state index contributed by atoms with van der Waals surface area (Å²) in [6.07, 6.45) is 1.63. The summed E-state index contributed by atoms with van der Waals surface area (Å²) in [6.45, 7) is 5.71. The molecule has 0 aromatic carbocycles. The third-order valence-electron chi connectivity index (χ3n) is 4.18. The molecule has 0 aromatic rings. The fourth-order valence-electron chi connectivity index (χ4n) is 3.26. The molecular weight excluding hydrogens is 231 g/mol. The van der Waals surface area contributed by atoms with E-state index in [0.717, 1.165) is 12.8 Å². The van der Waals surface area contributed by atoms with Gasteiger partial charge in [0, 0.05) is 0 Å². The molecule has 2 rings (SSSR count). The second-order valence-electron chi connectivity index (χ2n) is 5.37. The van der Waals surface area contributed by atoms with E-state index in [1.807, 2.05) is 20.8 Å². The average Bonchev–Trinajstić information content (AvgIpc) is 2.35. The van der Waals surface area contributed by atoms with E-state index in [-0.39, 0.29) is 35.5 Å². The predicted octanol–water partition coefficient (Wildman–Crippen LogP) is -2.20. The molecule has 6 heteroatoms. The standard InChI is InChI=1S/C11H16N2O3.Na/c1-6-4-5-10(2,3)11(6)7(14)12-9(16)13-8(11)15;/h6H,4-5H2,1-3H3,(H2,12,13,14,15,16);/q;+1. The zero-order chi connectivity index (χ0) is 12.1. The molecule has 1 saturated heterocycles. The average molecular weight is 247 g/mol. The first-order valence-electron chi connectivity index (χ1n) is 5.49. The van der Waals surface area contributed by atoms with E-state index in [1.165, 1.54) is 0 Å². The number of nitrogens with one attached hydrogen (secondary N) is 2. The predicted molar refractivity (Wildman–Crippen MR) is 56.3 cm³/mol. The number of barbiturate groups is 1. The largest absolute Gasteiger partial charge is 1.00 e. The van der Waals surface area contributed by atoms with E-state index in [1.54, 1.807) is 0 Å². The smallest absolute Gasteiger partial charge is 0.277 e. The molecule has 88 valence electrons. The summed E-state index contributed by atoms with van der Waals surface area (Å²) in [4.78, 5) is 35.2. The molecule has 0 radical (unpaired) electrons. The number of carbonyl (C=O) groups excluding carboxylic acids is 3. The molecule has 2 N–H and O–H groups in total. The van der Waals surface area contributed by atoms with Crippen molar-refractivity contribution < 1.29 is 43.9 Å². The minimum atomic E-state index is -1.10. The van der Waals surface area contributed by atoms with Crippen molar-refractivity contribution in [3.05, 3.63) is 0 Å². The Morgan fingerprint density at radius 3 is 1.94 bits per heavy atom. The second kappa shape index (κ2) is 4.37. The van der Waals surface area contributed by atoms with Gasteiger partial charge in [-0.25, -0.2) is 4.79 Å². The van der Waals surface area contributed by atoms with Crippen molar-refractivity contribution in [3.8, 4) is 0 Å². The van der Waals surface area contributed by atoms with Crippen LogP contribution in [0.5, 0.6) is 0 Å².